The van der Waals surface area contributed by atoms with E-state index < -0.39 is 23.6 Å². The summed E-state index contributed by atoms with van der Waals surface area (Å²) in [7, 11) is 0. The number of benzene rings is 1. The summed E-state index contributed by atoms with van der Waals surface area (Å²) in [5.74, 6) is -1.39. The van der Waals surface area contributed by atoms with Gasteiger partial charge in [0, 0.05) is 6.61 Å². The van der Waals surface area contributed by atoms with Crippen LogP contribution in [0, 0.1) is 5.92 Å². The van der Waals surface area contributed by atoms with Gasteiger partial charge in [0.05, 0.1) is 19.0 Å². The van der Waals surface area contributed by atoms with E-state index in [4.69, 9.17) is 9.47 Å². The highest BCUT2D eigenvalue weighted by Gasteiger charge is 2.57. The van der Waals surface area contributed by atoms with E-state index in [0.29, 0.717) is 13.0 Å². The van der Waals surface area contributed by atoms with Gasteiger partial charge in [-0.2, -0.15) is 0 Å². The number of hydrogen-bond donors (Lipinski definition) is 1. The number of likely N-dealkylation sites (tertiary alicyclic amines) is 1. The summed E-state index contributed by atoms with van der Waals surface area (Å²) >= 11 is 0. The summed E-state index contributed by atoms with van der Waals surface area (Å²) in [4.78, 5) is 24.6. The summed E-state index contributed by atoms with van der Waals surface area (Å²) in [5, 5.41) is 9.18. The zero-order valence-corrected chi connectivity index (χ0v) is 11.5. The first-order valence-corrected chi connectivity index (χ1v) is 6.93. The minimum atomic E-state index is -0.857. The summed E-state index contributed by atoms with van der Waals surface area (Å²) < 4.78 is 10.8. The quantitative estimate of drug-likeness (QED) is 0.913. The molecule has 1 unspecified atom stereocenters. The number of amides is 1. The molecule has 1 N–H and O–H groups in total. The molecule has 2 aliphatic rings. The van der Waals surface area contributed by atoms with Crippen molar-refractivity contribution in [2.45, 2.75) is 18.6 Å². The van der Waals surface area contributed by atoms with Gasteiger partial charge >= 0.3 is 12.1 Å². The molecule has 0 aromatic heterocycles. The van der Waals surface area contributed by atoms with Crippen molar-refractivity contribution in [3.8, 4) is 0 Å². The van der Waals surface area contributed by atoms with Crippen LogP contribution in [-0.4, -0.2) is 47.4 Å². The summed E-state index contributed by atoms with van der Waals surface area (Å²) in [5.41, 5.74) is 0.207. The van der Waals surface area contributed by atoms with Crippen LogP contribution in [0.25, 0.3) is 0 Å². The van der Waals surface area contributed by atoms with Crippen LogP contribution in [0.3, 0.4) is 0 Å². The Labute approximate surface area is 122 Å². The van der Waals surface area contributed by atoms with Crippen LogP contribution in [0.15, 0.2) is 30.3 Å². The molecule has 2 heterocycles. The Morgan fingerprint density at radius 1 is 1.33 bits per heavy atom. The maximum Gasteiger partial charge on any atom is 0.410 e. The molecule has 21 heavy (non-hydrogen) atoms. The first-order valence-electron chi connectivity index (χ1n) is 6.93. The minimum Gasteiger partial charge on any atom is -0.481 e. The molecule has 6 nitrogen and oxygen atoms in total. The van der Waals surface area contributed by atoms with Crippen LogP contribution in [0.2, 0.25) is 0 Å². The van der Waals surface area contributed by atoms with Crippen LogP contribution >= 0.6 is 0 Å². The smallest absolute Gasteiger partial charge is 0.410 e. The molecule has 2 saturated heterocycles. The number of carbonyl (C=O) groups is 2. The second-order valence-corrected chi connectivity index (χ2v) is 5.49. The van der Waals surface area contributed by atoms with Crippen LogP contribution in [0.5, 0.6) is 0 Å². The fraction of sp³-hybridized carbons (Fsp3) is 0.467. The Morgan fingerprint density at radius 2 is 2.05 bits per heavy atom. The van der Waals surface area contributed by atoms with Gasteiger partial charge in [-0.05, 0) is 12.0 Å². The highest BCUT2D eigenvalue weighted by Crippen LogP contribution is 2.40. The van der Waals surface area contributed by atoms with Gasteiger partial charge in [-0.25, -0.2) is 4.79 Å². The molecule has 3 rings (SSSR count). The average Bonchev–Trinajstić information content (AvgIpc) is 2.89. The molecule has 1 aromatic carbocycles. The van der Waals surface area contributed by atoms with Gasteiger partial charge in [0.25, 0.3) is 0 Å². The number of aliphatic carboxylic acids is 1. The number of nitrogens with zero attached hydrogens (tertiary/aromatic N) is 1. The van der Waals surface area contributed by atoms with Gasteiger partial charge in [-0.1, -0.05) is 30.3 Å². The number of hydrogen-bond acceptors (Lipinski definition) is 4. The first-order chi connectivity index (χ1) is 10.1. The number of carboxylic acids is 1. The van der Waals surface area contributed by atoms with Crippen molar-refractivity contribution >= 4 is 12.1 Å². The van der Waals surface area contributed by atoms with Gasteiger partial charge in [0.2, 0.25) is 0 Å². The largest absolute Gasteiger partial charge is 0.481 e. The standard InChI is InChI=1S/C15H17NO5/c17-13(18)12-6-7-21-15(12)9-16(10-15)14(19)20-8-11-4-2-1-3-5-11/h1-5,12H,6-10H2,(H,17,18). The van der Waals surface area contributed by atoms with Crippen molar-refractivity contribution in [3.05, 3.63) is 35.9 Å². The van der Waals surface area contributed by atoms with Crippen molar-refractivity contribution in [1.29, 1.82) is 0 Å². The fourth-order valence-corrected chi connectivity index (χ4v) is 2.94. The van der Waals surface area contributed by atoms with Crippen LogP contribution in [0.1, 0.15) is 12.0 Å². The zero-order valence-electron chi connectivity index (χ0n) is 11.5. The minimum absolute atomic E-state index is 0.215. The Balaban J connectivity index is 1.52. The van der Waals surface area contributed by atoms with Gasteiger partial charge < -0.3 is 19.5 Å². The van der Waals surface area contributed by atoms with Crippen LogP contribution in [-0.2, 0) is 20.9 Å². The van der Waals surface area contributed by atoms with Gasteiger partial charge in [0.15, 0.2) is 0 Å². The molecule has 2 aliphatic heterocycles. The molecule has 0 saturated carbocycles. The Kier molecular flexibility index (Phi) is 3.55. The summed E-state index contributed by atoms with van der Waals surface area (Å²) in [6.07, 6.45) is 0.0755. The molecule has 1 spiro atoms. The molecule has 1 atom stereocenters. The summed E-state index contributed by atoms with van der Waals surface area (Å²) in [6, 6.07) is 9.42. The molecule has 112 valence electrons. The van der Waals surface area contributed by atoms with Crippen LogP contribution < -0.4 is 0 Å². The zero-order chi connectivity index (χ0) is 14.9. The second kappa shape index (κ2) is 5.37. The highest BCUT2D eigenvalue weighted by atomic mass is 16.6. The van der Waals surface area contributed by atoms with Crippen molar-refractivity contribution in [1.82, 2.24) is 4.90 Å². The predicted octanol–water partition coefficient (Wildman–Crippen LogP) is 1.50. The molecule has 0 bridgehead atoms. The van der Waals surface area contributed by atoms with E-state index in [2.05, 4.69) is 0 Å². The lowest BCUT2D eigenvalue weighted by molar-refractivity contribution is -0.162. The fourth-order valence-electron chi connectivity index (χ4n) is 2.94. The molecular formula is C15H17NO5. The number of carbonyl (C=O) groups excluding carboxylic acids is 1. The van der Waals surface area contributed by atoms with E-state index in [1.54, 1.807) is 0 Å². The van der Waals surface area contributed by atoms with Crippen molar-refractivity contribution in [2.75, 3.05) is 19.7 Å². The Bertz CT molecular complexity index is 538. The third-order valence-corrected chi connectivity index (χ3v) is 4.11. The summed E-state index contributed by atoms with van der Waals surface area (Å²) in [6.45, 7) is 1.23. The third-order valence-electron chi connectivity index (χ3n) is 4.11. The topological polar surface area (TPSA) is 76.1 Å². The van der Waals surface area contributed by atoms with E-state index in [-0.39, 0.29) is 19.7 Å². The van der Waals surface area contributed by atoms with Gasteiger partial charge in [-0.3, -0.25) is 4.79 Å². The van der Waals surface area contributed by atoms with Gasteiger partial charge in [-0.15, -0.1) is 0 Å². The number of ether oxygens (including phenoxy) is 2. The van der Waals surface area contributed by atoms with E-state index in [1.165, 1.54) is 4.90 Å². The predicted molar refractivity (Wildman–Crippen MR) is 72.6 cm³/mol. The third kappa shape index (κ3) is 2.58. The molecule has 6 heteroatoms. The Hall–Kier alpha value is -2.08. The van der Waals surface area contributed by atoms with E-state index in [1.807, 2.05) is 30.3 Å². The van der Waals surface area contributed by atoms with Gasteiger partial charge in [0.1, 0.15) is 12.2 Å². The van der Waals surface area contributed by atoms with E-state index >= 15 is 0 Å². The van der Waals surface area contributed by atoms with Crippen molar-refractivity contribution in [3.63, 3.8) is 0 Å². The highest BCUT2D eigenvalue weighted by molar-refractivity contribution is 5.75. The maximum atomic E-state index is 11.9. The monoisotopic (exact) mass is 291 g/mol. The molecule has 0 aliphatic carbocycles. The SMILES string of the molecule is O=C(O)C1CCOC12CN(C(=O)OCc1ccccc1)C2. The van der Waals surface area contributed by atoms with E-state index in [0.717, 1.165) is 5.56 Å². The number of rotatable bonds is 3. The Morgan fingerprint density at radius 3 is 2.71 bits per heavy atom. The lowest BCUT2D eigenvalue weighted by Gasteiger charge is -2.48. The average molecular weight is 291 g/mol. The normalized spacial score (nSPS) is 22.9. The van der Waals surface area contributed by atoms with Crippen molar-refractivity contribution < 1.29 is 24.2 Å². The lowest BCUT2D eigenvalue weighted by Crippen LogP contribution is -2.67. The first kappa shape index (κ1) is 13.9. The van der Waals surface area contributed by atoms with Crippen molar-refractivity contribution in [2.24, 2.45) is 5.92 Å². The van der Waals surface area contributed by atoms with E-state index in [9.17, 15) is 14.7 Å². The molecular weight excluding hydrogens is 274 g/mol. The molecule has 2 fully saturated rings. The molecule has 0 radical (unpaired) electrons. The maximum absolute atomic E-state index is 11.9. The molecule has 1 amide bonds. The lowest BCUT2D eigenvalue weighted by atomic mass is 9.81. The number of carboxylic acid groups (broad SMARTS) is 1. The van der Waals surface area contributed by atoms with Crippen LogP contribution in [0.4, 0.5) is 4.79 Å². The molecule has 1 aromatic rings. The second-order valence-electron chi connectivity index (χ2n) is 5.49.